The second-order valence-corrected chi connectivity index (χ2v) is 2.10. The fourth-order valence-electron chi connectivity index (χ4n) is 0.994. The molecule has 0 aromatic heterocycles. The van der Waals surface area contributed by atoms with Gasteiger partial charge in [0, 0.05) is 21.7 Å². The predicted octanol–water partition coefficient (Wildman–Crippen LogP) is 3.32. The third-order valence-corrected chi connectivity index (χ3v) is 1.55. The molecular formula is C8H13Cl2Ti-. The van der Waals surface area contributed by atoms with E-state index in [1.807, 2.05) is 0 Å². The maximum atomic E-state index is 3.28. The van der Waals surface area contributed by atoms with Crippen molar-refractivity contribution in [3.05, 3.63) is 23.3 Å². The van der Waals surface area contributed by atoms with E-state index in [2.05, 4.69) is 26.0 Å². The summed E-state index contributed by atoms with van der Waals surface area (Å²) in [4.78, 5) is 0. The van der Waals surface area contributed by atoms with Crippen molar-refractivity contribution in [3.8, 4) is 0 Å². The van der Waals surface area contributed by atoms with Crippen molar-refractivity contribution in [2.24, 2.45) is 0 Å². The second-order valence-electron chi connectivity index (χ2n) is 2.10. The van der Waals surface area contributed by atoms with Gasteiger partial charge in [-0.15, -0.1) is 38.2 Å². The molecule has 0 aromatic carbocycles. The predicted molar refractivity (Wildman–Crippen MR) is 49.9 cm³/mol. The van der Waals surface area contributed by atoms with E-state index >= 15 is 0 Å². The van der Waals surface area contributed by atoms with Gasteiger partial charge < -0.3 is 0 Å². The maximum absolute atomic E-state index is 3.28. The van der Waals surface area contributed by atoms with E-state index in [9.17, 15) is 0 Å². The van der Waals surface area contributed by atoms with Crippen molar-refractivity contribution in [1.82, 2.24) is 0 Å². The van der Waals surface area contributed by atoms with Gasteiger partial charge in [0.15, 0.2) is 0 Å². The molecule has 11 heavy (non-hydrogen) atoms. The van der Waals surface area contributed by atoms with E-state index in [-0.39, 0.29) is 46.5 Å². The first-order valence-corrected chi connectivity index (χ1v) is 3.11. The molecule has 1 aliphatic rings. The summed E-state index contributed by atoms with van der Waals surface area (Å²) in [5, 5.41) is 0. The fourth-order valence-corrected chi connectivity index (χ4v) is 0.994. The number of hydrogen-bond donors (Lipinski definition) is 0. The zero-order chi connectivity index (χ0) is 5.98. The molecule has 0 saturated carbocycles. The minimum Gasteiger partial charge on any atom is -0.269 e. The van der Waals surface area contributed by atoms with Crippen LogP contribution in [0.5, 0.6) is 0 Å². The molecule has 0 aliphatic heterocycles. The quantitative estimate of drug-likeness (QED) is 0.477. The molecule has 0 radical (unpaired) electrons. The number of hydrogen-bond acceptors (Lipinski definition) is 0. The Morgan fingerprint density at radius 3 is 2.18 bits per heavy atom. The summed E-state index contributed by atoms with van der Waals surface area (Å²) in [5.41, 5.74) is 2.83. The largest absolute Gasteiger partial charge is 0.269 e. The first-order valence-electron chi connectivity index (χ1n) is 3.11. The van der Waals surface area contributed by atoms with Crippen LogP contribution in [0.2, 0.25) is 0 Å². The average molecular weight is 228 g/mol. The van der Waals surface area contributed by atoms with Gasteiger partial charge in [-0.25, -0.2) is 11.1 Å². The Kier molecular flexibility index (Phi) is 14.3. The van der Waals surface area contributed by atoms with Crippen LogP contribution in [0.25, 0.3) is 0 Å². The Morgan fingerprint density at radius 2 is 2.00 bits per heavy atom. The molecule has 64 valence electrons. The summed E-state index contributed by atoms with van der Waals surface area (Å²) >= 11 is 0. The van der Waals surface area contributed by atoms with Crippen LogP contribution in [0.1, 0.15) is 26.7 Å². The van der Waals surface area contributed by atoms with Crippen molar-refractivity contribution in [1.29, 1.82) is 0 Å². The van der Waals surface area contributed by atoms with Gasteiger partial charge in [0.2, 0.25) is 0 Å². The van der Waals surface area contributed by atoms with Crippen LogP contribution in [0.3, 0.4) is 0 Å². The zero-order valence-electron chi connectivity index (χ0n) is 6.81. The molecule has 0 saturated heterocycles. The number of allylic oxidation sites excluding steroid dienone is 4. The fraction of sp³-hybridized carbons (Fsp3) is 0.500. The third kappa shape index (κ3) is 5.08. The molecule has 0 nitrogen and oxygen atoms in total. The van der Waals surface area contributed by atoms with Crippen molar-refractivity contribution in [2.75, 3.05) is 0 Å². The van der Waals surface area contributed by atoms with E-state index in [0.29, 0.717) is 0 Å². The monoisotopic (exact) mass is 227 g/mol. The van der Waals surface area contributed by atoms with Gasteiger partial charge in [0.25, 0.3) is 0 Å². The van der Waals surface area contributed by atoms with E-state index < -0.39 is 0 Å². The van der Waals surface area contributed by atoms with Gasteiger partial charge in [-0.05, 0) is 0 Å². The molecule has 0 N–H and O–H groups in total. The molecule has 0 heterocycles. The molecule has 0 amide bonds. The Morgan fingerprint density at radius 1 is 1.45 bits per heavy atom. The topological polar surface area (TPSA) is 0 Å². The second kappa shape index (κ2) is 8.87. The van der Waals surface area contributed by atoms with Crippen LogP contribution in [-0.2, 0) is 21.7 Å². The average Bonchev–Trinajstić information content (AvgIpc) is 2.14. The molecule has 0 fully saturated rings. The summed E-state index contributed by atoms with van der Waals surface area (Å²) in [5.74, 6) is 0. The molecular weight excluding hydrogens is 215 g/mol. The van der Waals surface area contributed by atoms with Crippen LogP contribution < -0.4 is 0 Å². The van der Waals surface area contributed by atoms with Gasteiger partial charge in [0.1, 0.15) is 0 Å². The minimum absolute atomic E-state index is 0. The summed E-state index contributed by atoms with van der Waals surface area (Å²) < 4.78 is 0. The standard InChI is InChI=1S/C8H11.2ClH.Ti/c1-3-8-6-4-5-7(8)2;;;/h5H,3-4H2,1-2H3;2*1H;/q-1;;;. The molecule has 0 spiro atoms. The molecule has 3 heteroatoms. The van der Waals surface area contributed by atoms with Crippen LogP contribution in [0, 0.1) is 6.08 Å². The third-order valence-electron chi connectivity index (χ3n) is 1.55. The van der Waals surface area contributed by atoms with E-state index in [4.69, 9.17) is 0 Å². The van der Waals surface area contributed by atoms with Crippen LogP contribution in [0.15, 0.2) is 17.2 Å². The Hall–Kier alpha value is 0.774. The number of rotatable bonds is 1. The summed E-state index contributed by atoms with van der Waals surface area (Å²) in [6.45, 7) is 4.32. The first-order chi connectivity index (χ1) is 3.84. The minimum atomic E-state index is 0. The molecule has 0 atom stereocenters. The first kappa shape index (κ1) is 17.8. The van der Waals surface area contributed by atoms with Crippen LogP contribution >= 0.6 is 24.8 Å². The van der Waals surface area contributed by atoms with E-state index in [0.717, 1.165) is 12.8 Å². The van der Waals surface area contributed by atoms with E-state index in [1.165, 1.54) is 11.1 Å². The van der Waals surface area contributed by atoms with Gasteiger partial charge in [0.05, 0.1) is 0 Å². The molecule has 1 aliphatic carbocycles. The smallest absolute Gasteiger partial charge is 0 e. The molecule has 1 rings (SSSR count). The van der Waals surface area contributed by atoms with Crippen molar-refractivity contribution < 1.29 is 21.7 Å². The summed E-state index contributed by atoms with van der Waals surface area (Å²) in [6, 6.07) is 0. The molecule has 0 unspecified atom stereocenters. The maximum Gasteiger partial charge on any atom is 0 e. The van der Waals surface area contributed by atoms with Crippen LogP contribution in [0.4, 0.5) is 0 Å². The van der Waals surface area contributed by atoms with Gasteiger partial charge >= 0.3 is 0 Å². The number of halogens is 2. The molecule has 0 aromatic rings. The van der Waals surface area contributed by atoms with Gasteiger partial charge in [-0.3, -0.25) is 6.08 Å². The van der Waals surface area contributed by atoms with Crippen molar-refractivity contribution in [2.45, 2.75) is 26.7 Å². The molecule has 0 bridgehead atoms. The van der Waals surface area contributed by atoms with Gasteiger partial charge in [-0.2, -0.15) is 6.08 Å². The van der Waals surface area contributed by atoms with Crippen LogP contribution in [-0.4, -0.2) is 0 Å². The normalized spacial score (nSPS) is 13.3. The van der Waals surface area contributed by atoms with Crippen molar-refractivity contribution in [3.63, 3.8) is 0 Å². The Bertz CT molecular complexity index is 150. The SMILES string of the molecule is CCC1=[C-]CC=C1C.Cl.Cl.[Ti]. The zero-order valence-corrected chi connectivity index (χ0v) is 10.0. The Labute approximate surface area is 96.2 Å². The van der Waals surface area contributed by atoms with E-state index in [1.54, 1.807) is 0 Å². The summed E-state index contributed by atoms with van der Waals surface area (Å²) in [6.07, 6.45) is 7.68. The Balaban J connectivity index is -0.000000213. The summed E-state index contributed by atoms with van der Waals surface area (Å²) in [7, 11) is 0. The van der Waals surface area contributed by atoms with Crippen molar-refractivity contribution >= 4 is 24.8 Å². The van der Waals surface area contributed by atoms with Gasteiger partial charge in [-0.1, -0.05) is 13.3 Å².